The molecule has 0 bridgehead atoms. The van der Waals surface area contributed by atoms with Crippen molar-refractivity contribution in [1.29, 1.82) is 0 Å². The normalized spacial score (nSPS) is 12.1. The lowest BCUT2D eigenvalue weighted by Crippen LogP contribution is -2.18. The molecule has 1 unspecified atom stereocenters. The molecule has 0 aliphatic rings. The van der Waals surface area contributed by atoms with Crippen LogP contribution in [0.2, 0.25) is 0 Å². The number of hydrogen-bond acceptors (Lipinski definition) is 5. The van der Waals surface area contributed by atoms with E-state index in [2.05, 4.69) is 14.7 Å². The van der Waals surface area contributed by atoms with Crippen LogP contribution in [-0.2, 0) is 17.7 Å². The number of ketones is 1. The zero-order valence-electron chi connectivity index (χ0n) is 17.3. The molecule has 168 valence electrons. The summed E-state index contributed by atoms with van der Waals surface area (Å²) in [4.78, 5) is 21.6. The molecule has 9 heteroatoms. The topological polar surface area (TPSA) is 95.0 Å². The predicted molar refractivity (Wildman–Crippen MR) is 120 cm³/mol. The van der Waals surface area contributed by atoms with Crippen LogP contribution in [0.4, 0.5) is 8.78 Å². The molecular formula is C24H18F2N3O3S-. The third-order valence-electron chi connectivity index (χ3n) is 5.14. The smallest absolute Gasteiger partial charge is 0.196 e. The largest absolute Gasteiger partial charge is 0.760 e. The van der Waals surface area contributed by atoms with Gasteiger partial charge in [-0.05, 0) is 60.9 Å². The summed E-state index contributed by atoms with van der Waals surface area (Å²) in [6.07, 6.45) is 5.39. The van der Waals surface area contributed by atoms with Gasteiger partial charge in [0, 0.05) is 58.5 Å². The molecule has 0 aliphatic carbocycles. The Kier molecular flexibility index (Phi) is 6.93. The van der Waals surface area contributed by atoms with Crippen LogP contribution in [0.1, 0.15) is 27.9 Å². The minimum absolute atomic E-state index is 0.0122. The van der Waals surface area contributed by atoms with Gasteiger partial charge in [0.1, 0.15) is 11.6 Å². The summed E-state index contributed by atoms with van der Waals surface area (Å²) in [6, 6.07) is 12.2. The molecule has 2 heterocycles. The Hall–Kier alpha value is -3.40. The summed E-state index contributed by atoms with van der Waals surface area (Å²) < 4.78 is 52.4. The first-order chi connectivity index (χ1) is 15.9. The van der Waals surface area contributed by atoms with Gasteiger partial charge in [0.2, 0.25) is 0 Å². The minimum atomic E-state index is -2.43. The predicted octanol–water partition coefficient (Wildman–Crippen LogP) is 4.12. The SMILES string of the molecule is O=C(c1ccc2ncc(-c3cccnc3)cc2c1)c1cc(F)cc(CCCNS(=O)[O-])c1F. The van der Waals surface area contributed by atoms with E-state index in [9.17, 15) is 17.9 Å². The Balaban J connectivity index is 1.64. The van der Waals surface area contributed by atoms with Gasteiger partial charge in [0.05, 0.1) is 11.1 Å². The van der Waals surface area contributed by atoms with E-state index < -0.39 is 28.7 Å². The lowest BCUT2D eigenvalue weighted by molar-refractivity contribution is 0.103. The fourth-order valence-corrected chi connectivity index (χ4v) is 3.86. The molecule has 2 aromatic heterocycles. The van der Waals surface area contributed by atoms with Crippen LogP contribution in [0.3, 0.4) is 0 Å². The molecule has 0 saturated heterocycles. The average molecular weight is 466 g/mol. The first-order valence-corrected chi connectivity index (χ1v) is 11.2. The molecule has 6 nitrogen and oxygen atoms in total. The number of fused-ring (bicyclic) bond motifs is 1. The standard InChI is InChI=1S/C24H19F2N3O3S/c25-20-11-15(3-2-8-29-33(31)32)23(26)21(12-20)24(30)16-5-6-22-18(9-16)10-19(14-28-22)17-4-1-7-27-13-17/h1,4-7,9-14,29H,2-3,8H2,(H,31,32)/p-1. The Morgan fingerprint density at radius 3 is 2.67 bits per heavy atom. The van der Waals surface area contributed by atoms with Gasteiger partial charge in [0.15, 0.2) is 5.78 Å². The number of aryl methyl sites for hydroxylation is 1. The molecule has 4 rings (SSSR count). The van der Waals surface area contributed by atoms with Crippen molar-refractivity contribution >= 4 is 28.0 Å². The van der Waals surface area contributed by atoms with Crippen molar-refractivity contribution in [1.82, 2.24) is 14.7 Å². The highest BCUT2D eigenvalue weighted by Gasteiger charge is 2.19. The first-order valence-electron chi connectivity index (χ1n) is 10.1. The van der Waals surface area contributed by atoms with E-state index in [1.54, 1.807) is 36.8 Å². The maximum Gasteiger partial charge on any atom is 0.196 e. The summed E-state index contributed by atoms with van der Waals surface area (Å²) in [5.41, 5.74) is 2.17. The summed E-state index contributed by atoms with van der Waals surface area (Å²) >= 11 is -2.43. The van der Waals surface area contributed by atoms with Gasteiger partial charge in [-0.3, -0.25) is 19.0 Å². The second-order valence-electron chi connectivity index (χ2n) is 7.36. The van der Waals surface area contributed by atoms with Gasteiger partial charge in [-0.1, -0.05) is 6.07 Å². The van der Waals surface area contributed by atoms with E-state index in [4.69, 9.17) is 0 Å². The number of aromatic nitrogens is 2. The van der Waals surface area contributed by atoms with Gasteiger partial charge in [-0.25, -0.2) is 13.5 Å². The highest BCUT2D eigenvalue weighted by atomic mass is 32.2. The zero-order chi connectivity index (χ0) is 23.4. The highest BCUT2D eigenvalue weighted by Crippen LogP contribution is 2.25. The highest BCUT2D eigenvalue weighted by molar-refractivity contribution is 7.77. The Morgan fingerprint density at radius 2 is 1.91 bits per heavy atom. The van der Waals surface area contributed by atoms with E-state index in [0.29, 0.717) is 10.9 Å². The lowest BCUT2D eigenvalue weighted by Gasteiger charge is -2.11. The van der Waals surface area contributed by atoms with Gasteiger partial charge in [0.25, 0.3) is 0 Å². The number of carbonyl (C=O) groups is 1. The maximum absolute atomic E-state index is 15.0. The quantitative estimate of drug-likeness (QED) is 0.239. The molecule has 0 amide bonds. The van der Waals surface area contributed by atoms with Crippen molar-refractivity contribution in [2.45, 2.75) is 12.8 Å². The molecular weight excluding hydrogens is 448 g/mol. The maximum atomic E-state index is 15.0. The second-order valence-corrected chi connectivity index (χ2v) is 8.12. The molecule has 1 N–H and O–H groups in total. The van der Waals surface area contributed by atoms with Crippen LogP contribution in [0.15, 0.2) is 67.1 Å². The number of hydrogen-bond donors (Lipinski definition) is 1. The zero-order valence-corrected chi connectivity index (χ0v) is 18.1. The van der Waals surface area contributed by atoms with Crippen molar-refractivity contribution < 1.29 is 22.3 Å². The number of rotatable bonds is 8. The molecule has 0 aliphatic heterocycles. The number of pyridine rings is 2. The molecule has 1 atom stereocenters. The van der Waals surface area contributed by atoms with Crippen LogP contribution >= 0.6 is 0 Å². The van der Waals surface area contributed by atoms with E-state index >= 15 is 4.39 Å². The van der Waals surface area contributed by atoms with Gasteiger partial charge in [-0.2, -0.15) is 0 Å². The Bertz CT molecular complexity index is 1350. The molecule has 0 spiro atoms. The second kappa shape index (κ2) is 10.0. The summed E-state index contributed by atoms with van der Waals surface area (Å²) in [5.74, 6) is -2.20. The average Bonchev–Trinajstić information content (AvgIpc) is 2.83. The first kappa shape index (κ1) is 22.8. The van der Waals surface area contributed by atoms with E-state index in [-0.39, 0.29) is 36.1 Å². The van der Waals surface area contributed by atoms with Gasteiger partial charge < -0.3 is 4.55 Å². The molecule has 4 aromatic rings. The molecule has 0 fully saturated rings. The van der Waals surface area contributed by atoms with E-state index in [0.717, 1.165) is 23.3 Å². The Labute approximate surface area is 191 Å². The van der Waals surface area contributed by atoms with E-state index in [1.165, 1.54) is 6.07 Å². The van der Waals surface area contributed by atoms with E-state index in [1.807, 2.05) is 12.1 Å². The lowest BCUT2D eigenvalue weighted by atomic mass is 9.97. The molecule has 0 saturated carbocycles. The van der Waals surface area contributed by atoms with Crippen LogP contribution in [0, 0.1) is 11.6 Å². The Morgan fingerprint density at radius 1 is 1.06 bits per heavy atom. The van der Waals surface area contributed by atoms with Crippen LogP contribution in [-0.4, -0.2) is 31.1 Å². The van der Waals surface area contributed by atoms with Crippen molar-refractivity contribution in [2.24, 2.45) is 0 Å². The fraction of sp³-hybridized carbons (Fsp3) is 0.125. The summed E-state index contributed by atoms with van der Waals surface area (Å²) in [5, 5.41) is 0.677. The number of halogens is 2. The number of carbonyl (C=O) groups excluding carboxylic acids is 1. The number of nitrogens with one attached hydrogen (secondary N) is 1. The van der Waals surface area contributed by atoms with Gasteiger partial charge >= 0.3 is 0 Å². The van der Waals surface area contributed by atoms with Crippen molar-refractivity contribution in [3.05, 3.63) is 95.4 Å². The van der Waals surface area contributed by atoms with Crippen molar-refractivity contribution in [3.8, 4) is 11.1 Å². The summed E-state index contributed by atoms with van der Waals surface area (Å²) in [7, 11) is 0. The fourth-order valence-electron chi connectivity index (χ4n) is 3.55. The van der Waals surface area contributed by atoms with Crippen LogP contribution in [0.5, 0.6) is 0 Å². The molecule has 0 radical (unpaired) electrons. The number of nitrogens with zero attached hydrogens (tertiary/aromatic N) is 2. The monoisotopic (exact) mass is 466 g/mol. The third-order valence-corrected chi connectivity index (χ3v) is 5.58. The summed E-state index contributed by atoms with van der Waals surface area (Å²) in [6.45, 7) is 0.0757. The van der Waals surface area contributed by atoms with Crippen LogP contribution < -0.4 is 4.72 Å². The van der Waals surface area contributed by atoms with Gasteiger partial charge in [-0.15, -0.1) is 0 Å². The minimum Gasteiger partial charge on any atom is -0.760 e. The van der Waals surface area contributed by atoms with Crippen molar-refractivity contribution in [3.63, 3.8) is 0 Å². The van der Waals surface area contributed by atoms with Crippen molar-refractivity contribution in [2.75, 3.05) is 6.54 Å². The molecule has 33 heavy (non-hydrogen) atoms. The van der Waals surface area contributed by atoms with Crippen LogP contribution in [0.25, 0.3) is 22.0 Å². The molecule has 2 aromatic carbocycles. The third kappa shape index (κ3) is 5.33. The number of benzene rings is 2.